The van der Waals surface area contributed by atoms with Gasteiger partial charge < -0.3 is 5.32 Å². The first-order valence-electron chi connectivity index (χ1n) is 5.95. The van der Waals surface area contributed by atoms with Crippen LogP contribution in [0.1, 0.15) is 18.4 Å². The summed E-state index contributed by atoms with van der Waals surface area (Å²) >= 11 is 4.16. The Morgan fingerprint density at radius 1 is 1.26 bits per heavy atom. The number of carbonyl (C=O) groups excluding carboxylic acids is 1. The summed E-state index contributed by atoms with van der Waals surface area (Å²) in [5.41, 5.74) is 0.966. The Balaban J connectivity index is 2.26. The van der Waals surface area contributed by atoms with E-state index in [2.05, 4.69) is 17.9 Å². The maximum Gasteiger partial charge on any atom is 0.389 e. The van der Waals surface area contributed by atoms with Crippen molar-refractivity contribution >= 4 is 18.5 Å². The number of hydrogen-bond donors (Lipinski definition) is 2. The van der Waals surface area contributed by atoms with Crippen LogP contribution in [0, 0.1) is 0 Å². The molecule has 1 aromatic rings. The molecular weight excluding hydrogens is 275 g/mol. The minimum atomic E-state index is -4.17. The fraction of sp³-hybridized carbons (Fsp3) is 0.462. The average molecular weight is 291 g/mol. The maximum atomic E-state index is 11.9. The van der Waals surface area contributed by atoms with E-state index in [0.29, 0.717) is 6.42 Å². The van der Waals surface area contributed by atoms with Gasteiger partial charge in [-0.05, 0) is 18.4 Å². The average Bonchev–Trinajstić information content (AvgIpc) is 2.34. The number of amides is 1. The van der Waals surface area contributed by atoms with E-state index in [9.17, 15) is 18.0 Å². The molecule has 1 N–H and O–H groups in total. The number of benzene rings is 1. The van der Waals surface area contributed by atoms with Crippen LogP contribution in [0.15, 0.2) is 30.3 Å². The third-order valence-electron chi connectivity index (χ3n) is 2.51. The van der Waals surface area contributed by atoms with Crippen LogP contribution in [0.3, 0.4) is 0 Å². The minimum absolute atomic E-state index is 0.0180. The summed E-state index contributed by atoms with van der Waals surface area (Å²) in [5.74, 6) is -0.339. The minimum Gasteiger partial charge on any atom is -0.355 e. The highest BCUT2D eigenvalue weighted by Crippen LogP contribution is 2.20. The van der Waals surface area contributed by atoms with E-state index >= 15 is 0 Å². The molecule has 1 aromatic carbocycles. The number of carbonyl (C=O) groups is 1. The maximum absolute atomic E-state index is 11.9. The van der Waals surface area contributed by atoms with E-state index < -0.39 is 17.8 Å². The Morgan fingerprint density at radius 3 is 2.47 bits per heavy atom. The Hall–Kier alpha value is -1.17. The fourth-order valence-corrected chi connectivity index (χ4v) is 1.85. The molecule has 0 spiro atoms. The first-order valence-corrected chi connectivity index (χ1v) is 6.46. The summed E-state index contributed by atoms with van der Waals surface area (Å²) in [5, 5.41) is 1.91. The van der Waals surface area contributed by atoms with Crippen molar-refractivity contribution in [2.45, 2.75) is 30.7 Å². The van der Waals surface area contributed by atoms with Crippen molar-refractivity contribution in [2.24, 2.45) is 0 Å². The van der Waals surface area contributed by atoms with Crippen molar-refractivity contribution in [3.8, 4) is 0 Å². The molecule has 0 saturated heterocycles. The predicted octanol–water partition coefficient (Wildman–Crippen LogP) is 2.99. The Morgan fingerprint density at radius 2 is 1.89 bits per heavy atom. The molecule has 0 saturated carbocycles. The molecule has 0 fully saturated rings. The molecule has 19 heavy (non-hydrogen) atoms. The van der Waals surface area contributed by atoms with Crippen molar-refractivity contribution in [1.82, 2.24) is 5.32 Å². The van der Waals surface area contributed by atoms with Crippen LogP contribution >= 0.6 is 12.6 Å². The molecule has 0 aliphatic heterocycles. The molecule has 1 rings (SSSR count). The number of hydrogen-bond acceptors (Lipinski definition) is 2. The Labute approximate surface area is 115 Å². The molecule has 106 valence electrons. The summed E-state index contributed by atoms with van der Waals surface area (Å²) in [7, 11) is 0. The lowest BCUT2D eigenvalue weighted by atomic mass is 10.1. The number of nitrogens with one attached hydrogen (secondary N) is 1. The molecule has 2 nitrogen and oxygen atoms in total. The molecule has 0 aliphatic rings. The molecule has 1 unspecified atom stereocenters. The highest BCUT2D eigenvalue weighted by Gasteiger charge is 2.26. The monoisotopic (exact) mass is 291 g/mol. The molecule has 0 aliphatic carbocycles. The van der Waals surface area contributed by atoms with Crippen molar-refractivity contribution < 1.29 is 18.0 Å². The van der Waals surface area contributed by atoms with Crippen molar-refractivity contribution in [3.05, 3.63) is 35.9 Å². The first kappa shape index (κ1) is 15.9. The highest BCUT2D eigenvalue weighted by atomic mass is 32.1. The van der Waals surface area contributed by atoms with Crippen LogP contribution in [0.25, 0.3) is 0 Å². The number of halogens is 3. The Kier molecular flexibility index (Phi) is 6.21. The first-order chi connectivity index (χ1) is 8.88. The van der Waals surface area contributed by atoms with E-state index in [1.807, 2.05) is 30.3 Å². The molecule has 0 bridgehead atoms. The van der Waals surface area contributed by atoms with E-state index in [1.165, 1.54) is 0 Å². The van der Waals surface area contributed by atoms with Crippen molar-refractivity contribution in [3.63, 3.8) is 0 Å². The van der Waals surface area contributed by atoms with Crippen LogP contribution in [0.4, 0.5) is 13.2 Å². The third kappa shape index (κ3) is 7.10. The van der Waals surface area contributed by atoms with Gasteiger partial charge in [-0.1, -0.05) is 30.3 Å². The van der Waals surface area contributed by atoms with Gasteiger partial charge in [0.1, 0.15) is 0 Å². The smallest absolute Gasteiger partial charge is 0.355 e. The summed E-state index contributed by atoms with van der Waals surface area (Å²) < 4.78 is 35.7. The molecular formula is C13H16F3NOS. The lowest BCUT2D eigenvalue weighted by Crippen LogP contribution is -2.33. The SMILES string of the molecule is O=C(NCCCC(F)(F)F)C(S)Cc1ccccc1. The number of thiol groups is 1. The van der Waals surface area contributed by atoms with Crippen LogP contribution in [0.5, 0.6) is 0 Å². The van der Waals surface area contributed by atoms with Gasteiger partial charge >= 0.3 is 6.18 Å². The second-order valence-corrected chi connectivity index (χ2v) is 4.84. The lowest BCUT2D eigenvalue weighted by Gasteiger charge is -2.12. The summed E-state index contributed by atoms with van der Waals surface area (Å²) in [4.78, 5) is 11.6. The van der Waals surface area contributed by atoms with Gasteiger partial charge in [0.25, 0.3) is 0 Å². The second-order valence-electron chi connectivity index (χ2n) is 4.22. The van der Waals surface area contributed by atoms with Crippen molar-refractivity contribution in [1.29, 1.82) is 0 Å². The number of rotatable bonds is 6. The predicted molar refractivity (Wildman–Crippen MR) is 71.2 cm³/mol. The quantitative estimate of drug-likeness (QED) is 0.612. The van der Waals surface area contributed by atoms with Gasteiger partial charge in [-0.2, -0.15) is 25.8 Å². The number of alkyl halides is 3. The Bertz CT molecular complexity index is 395. The molecule has 1 atom stereocenters. The zero-order valence-corrected chi connectivity index (χ0v) is 11.2. The van der Waals surface area contributed by atoms with E-state index in [1.54, 1.807) is 0 Å². The largest absolute Gasteiger partial charge is 0.389 e. The van der Waals surface area contributed by atoms with E-state index in [-0.39, 0.29) is 18.9 Å². The van der Waals surface area contributed by atoms with Gasteiger partial charge in [0.15, 0.2) is 0 Å². The van der Waals surface area contributed by atoms with Gasteiger partial charge in [-0.3, -0.25) is 4.79 Å². The summed E-state index contributed by atoms with van der Waals surface area (Å²) in [6.07, 6.45) is -4.71. The molecule has 6 heteroatoms. The standard InChI is InChI=1S/C13H16F3NOS/c14-13(15,16)7-4-8-17-12(18)11(19)9-10-5-2-1-3-6-10/h1-3,5-6,11,19H,4,7-9H2,(H,17,18). The molecule has 0 radical (unpaired) electrons. The zero-order chi connectivity index (χ0) is 14.3. The summed E-state index contributed by atoms with van der Waals surface area (Å²) in [6.45, 7) is 0.0180. The van der Waals surface area contributed by atoms with E-state index in [4.69, 9.17) is 0 Å². The zero-order valence-electron chi connectivity index (χ0n) is 10.3. The van der Waals surface area contributed by atoms with Crippen molar-refractivity contribution in [2.75, 3.05) is 6.54 Å². The normalized spacial score (nSPS) is 13.1. The molecule has 0 aromatic heterocycles. The van der Waals surface area contributed by atoms with Crippen LogP contribution in [-0.2, 0) is 11.2 Å². The topological polar surface area (TPSA) is 29.1 Å². The summed E-state index contributed by atoms with van der Waals surface area (Å²) in [6, 6.07) is 9.34. The molecule has 0 heterocycles. The lowest BCUT2D eigenvalue weighted by molar-refractivity contribution is -0.136. The van der Waals surface area contributed by atoms with Crippen LogP contribution in [-0.4, -0.2) is 23.9 Å². The fourth-order valence-electron chi connectivity index (χ4n) is 1.55. The second kappa shape index (κ2) is 7.43. The molecule has 1 amide bonds. The van der Waals surface area contributed by atoms with Gasteiger partial charge in [0.05, 0.1) is 5.25 Å². The van der Waals surface area contributed by atoms with E-state index in [0.717, 1.165) is 5.56 Å². The van der Waals surface area contributed by atoms with Crippen LogP contribution in [0.2, 0.25) is 0 Å². The van der Waals surface area contributed by atoms with Gasteiger partial charge in [-0.25, -0.2) is 0 Å². The highest BCUT2D eigenvalue weighted by molar-refractivity contribution is 7.81. The van der Waals surface area contributed by atoms with Gasteiger partial charge in [0.2, 0.25) is 5.91 Å². The van der Waals surface area contributed by atoms with Gasteiger partial charge in [-0.15, -0.1) is 0 Å². The third-order valence-corrected chi connectivity index (χ3v) is 2.93. The van der Waals surface area contributed by atoms with Gasteiger partial charge in [0, 0.05) is 13.0 Å². The van der Waals surface area contributed by atoms with Crippen LogP contribution < -0.4 is 5.32 Å².